The molecule has 166 valence electrons. The average Bonchev–Trinajstić information content (AvgIpc) is 2.70. The fourth-order valence-corrected chi connectivity index (χ4v) is 3.44. The number of carbonyl (C=O) groups excluding carboxylic acids is 2. The molecule has 0 saturated heterocycles. The third-order valence-corrected chi connectivity index (χ3v) is 5.35. The molecule has 0 bridgehead atoms. The third-order valence-electron chi connectivity index (χ3n) is 5.35. The first-order valence-corrected chi connectivity index (χ1v) is 12.1. The van der Waals surface area contributed by atoms with Crippen LogP contribution in [0.15, 0.2) is 0 Å². The third kappa shape index (κ3) is 17.1. The van der Waals surface area contributed by atoms with Crippen molar-refractivity contribution in [3.8, 4) is 0 Å². The lowest BCUT2D eigenvalue weighted by Gasteiger charge is -2.14. The lowest BCUT2D eigenvalue weighted by Crippen LogP contribution is -2.20. The quantitative estimate of drug-likeness (QED) is 0.127. The van der Waals surface area contributed by atoms with Gasteiger partial charge in [0.25, 0.3) is 0 Å². The Morgan fingerprint density at radius 3 is 1.57 bits per heavy atom. The van der Waals surface area contributed by atoms with E-state index in [0.717, 1.165) is 64.2 Å². The van der Waals surface area contributed by atoms with Crippen LogP contribution in [0.5, 0.6) is 0 Å². The van der Waals surface area contributed by atoms with Crippen molar-refractivity contribution >= 4 is 11.9 Å². The van der Waals surface area contributed by atoms with Crippen LogP contribution in [-0.4, -0.2) is 11.9 Å². The van der Waals surface area contributed by atoms with Gasteiger partial charge in [-0.1, -0.05) is 111 Å². The van der Waals surface area contributed by atoms with Crippen LogP contribution in [0.1, 0.15) is 136 Å². The largest absolute Gasteiger partial charge is 0.358 e. The van der Waals surface area contributed by atoms with Gasteiger partial charge >= 0.3 is 11.9 Å². The highest BCUT2D eigenvalue weighted by Gasteiger charge is 2.22. The maximum atomic E-state index is 12.4. The van der Waals surface area contributed by atoms with Gasteiger partial charge in [0.05, 0.1) is 12.3 Å². The van der Waals surface area contributed by atoms with Crippen LogP contribution >= 0.6 is 0 Å². The fourth-order valence-electron chi connectivity index (χ4n) is 3.44. The zero-order valence-corrected chi connectivity index (χ0v) is 18.9. The summed E-state index contributed by atoms with van der Waals surface area (Å²) in [5, 5.41) is 0. The Hall–Kier alpha value is -1.06. The molecule has 4 heteroatoms. The Morgan fingerprint density at radius 1 is 0.571 bits per heavy atom. The molecule has 0 aromatic heterocycles. The number of hydrogen-bond donors (Lipinski definition) is 0. The molecule has 28 heavy (non-hydrogen) atoms. The molecule has 0 aromatic rings. The molecule has 0 heterocycles. The van der Waals surface area contributed by atoms with Gasteiger partial charge in [0.2, 0.25) is 0 Å². The van der Waals surface area contributed by atoms with Crippen molar-refractivity contribution in [3.05, 3.63) is 0 Å². The van der Waals surface area contributed by atoms with Crippen LogP contribution in [0.25, 0.3) is 0 Å². The van der Waals surface area contributed by atoms with Crippen LogP contribution in [0.2, 0.25) is 0 Å². The van der Waals surface area contributed by atoms with Gasteiger partial charge in [-0.25, -0.2) is 19.4 Å². The van der Waals surface area contributed by atoms with Crippen LogP contribution in [0.4, 0.5) is 0 Å². The summed E-state index contributed by atoms with van der Waals surface area (Å²) in [7, 11) is 0. The molecule has 0 saturated carbocycles. The topological polar surface area (TPSA) is 52.6 Å². The van der Waals surface area contributed by atoms with Gasteiger partial charge in [-0.3, -0.25) is 0 Å². The zero-order chi connectivity index (χ0) is 20.9. The lowest BCUT2D eigenvalue weighted by molar-refractivity contribution is -0.262. The van der Waals surface area contributed by atoms with E-state index in [-0.39, 0.29) is 11.9 Å². The molecule has 0 aromatic carbocycles. The Morgan fingerprint density at radius 2 is 1.00 bits per heavy atom. The zero-order valence-electron chi connectivity index (χ0n) is 18.9. The van der Waals surface area contributed by atoms with E-state index in [0.29, 0.717) is 6.42 Å². The van der Waals surface area contributed by atoms with Gasteiger partial charge in [-0.05, 0) is 19.3 Å². The second-order valence-corrected chi connectivity index (χ2v) is 8.12. The van der Waals surface area contributed by atoms with E-state index >= 15 is 0 Å². The molecule has 0 aliphatic carbocycles. The number of hydrogen-bond acceptors (Lipinski definition) is 4. The second kappa shape index (κ2) is 20.7. The summed E-state index contributed by atoms with van der Waals surface area (Å²) < 4.78 is 0. The average molecular weight is 399 g/mol. The second-order valence-electron chi connectivity index (χ2n) is 8.12. The summed E-state index contributed by atoms with van der Waals surface area (Å²) in [5.74, 6) is -0.927. The molecule has 0 spiro atoms. The van der Waals surface area contributed by atoms with E-state index in [4.69, 9.17) is 9.78 Å². The van der Waals surface area contributed by atoms with Crippen molar-refractivity contribution in [2.75, 3.05) is 0 Å². The first-order valence-electron chi connectivity index (χ1n) is 12.1. The molecule has 4 nitrogen and oxygen atoms in total. The van der Waals surface area contributed by atoms with Crippen LogP contribution in [0.3, 0.4) is 0 Å². The van der Waals surface area contributed by atoms with Crippen molar-refractivity contribution in [1.29, 1.82) is 0 Å². The predicted octanol–water partition coefficient (Wildman–Crippen LogP) is 7.69. The van der Waals surface area contributed by atoms with Gasteiger partial charge in [0.1, 0.15) is 0 Å². The van der Waals surface area contributed by atoms with Crippen molar-refractivity contribution in [2.45, 2.75) is 136 Å². The summed E-state index contributed by atoms with van der Waals surface area (Å²) in [6.07, 6.45) is 19.4. The van der Waals surface area contributed by atoms with E-state index in [1.165, 1.54) is 44.9 Å². The summed E-state index contributed by atoms with van der Waals surface area (Å²) in [4.78, 5) is 33.7. The van der Waals surface area contributed by atoms with E-state index in [1.54, 1.807) is 0 Å². The van der Waals surface area contributed by atoms with Crippen molar-refractivity contribution < 1.29 is 19.4 Å². The van der Waals surface area contributed by atoms with E-state index < -0.39 is 5.97 Å². The lowest BCUT2D eigenvalue weighted by atomic mass is 9.94. The van der Waals surface area contributed by atoms with Crippen LogP contribution < -0.4 is 0 Å². The molecule has 0 aliphatic heterocycles. The number of carbonyl (C=O) groups is 2. The van der Waals surface area contributed by atoms with Crippen molar-refractivity contribution in [1.82, 2.24) is 0 Å². The van der Waals surface area contributed by atoms with Gasteiger partial charge in [0.15, 0.2) is 0 Å². The molecule has 1 atom stereocenters. The van der Waals surface area contributed by atoms with E-state index in [2.05, 4.69) is 20.8 Å². The maximum absolute atomic E-state index is 12.4. The van der Waals surface area contributed by atoms with Crippen molar-refractivity contribution in [2.24, 2.45) is 5.92 Å². The van der Waals surface area contributed by atoms with Gasteiger partial charge in [-0.15, -0.1) is 0 Å². The molecule has 0 rings (SSSR count). The van der Waals surface area contributed by atoms with Crippen LogP contribution in [0, 0.1) is 5.92 Å². The van der Waals surface area contributed by atoms with Crippen molar-refractivity contribution in [3.63, 3.8) is 0 Å². The molecule has 0 N–H and O–H groups in total. The normalized spacial score (nSPS) is 12.0. The fraction of sp³-hybridized carbons (Fsp3) is 0.917. The number of unbranched alkanes of at least 4 members (excludes halogenated alkanes) is 12. The molecule has 0 fully saturated rings. The maximum Gasteiger partial charge on any atom is 0.358 e. The molecular formula is C24H46O4. The Bertz CT molecular complexity index is 368. The van der Waals surface area contributed by atoms with E-state index in [9.17, 15) is 9.59 Å². The highest BCUT2D eigenvalue weighted by Crippen LogP contribution is 2.20. The minimum Gasteiger partial charge on any atom is -0.247 e. The molecule has 0 aliphatic rings. The molecule has 0 amide bonds. The molecule has 0 radical (unpaired) electrons. The van der Waals surface area contributed by atoms with Gasteiger partial charge in [-0.2, -0.15) is 0 Å². The summed E-state index contributed by atoms with van der Waals surface area (Å²) in [6.45, 7) is 6.53. The predicted molar refractivity (Wildman–Crippen MR) is 116 cm³/mol. The highest BCUT2D eigenvalue weighted by atomic mass is 17.2. The minimum atomic E-state index is -0.427. The monoisotopic (exact) mass is 398 g/mol. The minimum absolute atomic E-state index is 0.139. The Kier molecular flexibility index (Phi) is 19.9. The Balaban J connectivity index is 4.05. The summed E-state index contributed by atoms with van der Waals surface area (Å²) in [5.41, 5.74) is 0. The first-order chi connectivity index (χ1) is 13.7. The highest BCUT2D eigenvalue weighted by molar-refractivity contribution is 5.74. The van der Waals surface area contributed by atoms with Gasteiger partial charge < -0.3 is 0 Å². The van der Waals surface area contributed by atoms with Gasteiger partial charge in [0, 0.05) is 0 Å². The summed E-state index contributed by atoms with van der Waals surface area (Å²) >= 11 is 0. The Labute approximate surface area is 174 Å². The summed E-state index contributed by atoms with van der Waals surface area (Å²) in [6, 6.07) is 0. The standard InChI is InChI=1S/C24H46O4/c1-4-7-10-12-13-14-15-17-20-22(19-16-9-6-3)24(26)28-27-23(25)21-18-11-8-5-2/h22H,4-21H2,1-3H3. The SMILES string of the molecule is CCCCCCCCCCC(CCCCC)C(=O)OOC(=O)CCCCCC. The smallest absolute Gasteiger partial charge is 0.247 e. The van der Waals surface area contributed by atoms with Crippen LogP contribution in [-0.2, 0) is 19.4 Å². The number of rotatable bonds is 19. The molecule has 1 unspecified atom stereocenters. The molecular weight excluding hydrogens is 352 g/mol. The first kappa shape index (κ1) is 26.9. The van der Waals surface area contributed by atoms with E-state index in [1.807, 2.05) is 0 Å².